The third-order valence-corrected chi connectivity index (χ3v) is 2.52. The molecule has 2 aliphatic rings. The molecule has 0 saturated carbocycles. The van der Waals surface area contributed by atoms with Crippen LogP contribution in [0.5, 0.6) is 0 Å². The highest BCUT2D eigenvalue weighted by Crippen LogP contribution is 2.23. The molecular weight excluding hydrogens is 140 g/mol. The Labute approximate surface area is 66.8 Å². The molecule has 0 aliphatic carbocycles. The van der Waals surface area contributed by atoms with Gasteiger partial charge in [0, 0.05) is 6.54 Å². The average Bonchev–Trinajstić information content (AvgIpc) is 2.25. The van der Waals surface area contributed by atoms with Crippen LogP contribution >= 0.6 is 0 Å². The molecule has 2 atom stereocenters. The highest BCUT2D eigenvalue weighted by Gasteiger charge is 2.32. The van der Waals surface area contributed by atoms with E-state index in [1.807, 2.05) is 0 Å². The number of fused-ring (bicyclic) bond motifs is 1. The molecule has 2 unspecified atom stereocenters. The molecule has 0 radical (unpaired) electrons. The predicted octanol–water partition coefficient (Wildman–Crippen LogP) is 0.761. The lowest BCUT2D eigenvalue weighted by Gasteiger charge is -2.12. The Bertz CT molecular complexity index is 179. The highest BCUT2D eigenvalue weighted by atomic mass is 16.6. The van der Waals surface area contributed by atoms with E-state index in [1.54, 1.807) is 0 Å². The van der Waals surface area contributed by atoms with Crippen LogP contribution in [0.3, 0.4) is 0 Å². The smallest absolute Gasteiger partial charge is 0.136 e. The summed E-state index contributed by atoms with van der Waals surface area (Å²) < 4.78 is 0. The number of hydrogen-bond acceptors (Lipinski definition) is 3. The molecule has 1 fully saturated rings. The summed E-state index contributed by atoms with van der Waals surface area (Å²) in [6, 6.07) is 0. The lowest BCUT2D eigenvalue weighted by molar-refractivity contribution is 0.0597. The summed E-state index contributed by atoms with van der Waals surface area (Å²) in [5, 5.41) is 7.39. The van der Waals surface area contributed by atoms with Crippen molar-refractivity contribution in [1.82, 2.24) is 5.32 Å². The van der Waals surface area contributed by atoms with Crippen molar-refractivity contribution in [3.63, 3.8) is 0 Å². The van der Waals surface area contributed by atoms with E-state index in [-0.39, 0.29) is 0 Å². The molecule has 0 aromatic rings. The lowest BCUT2D eigenvalue weighted by atomic mass is 9.97. The van der Waals surface area contributed by atoms with Crippen LogP contribution < -0.4 is 5.32 Å². The molecule has 1 saturated heterocycles. The fraction of sp³-hybridized carbons (Fsp3) is 0.875. The Balaban J connectivity index is 2.06. The van der Waals surface area contributed by atoms with Crippen molar-refractivity contribution in [2.75, 3.05) is 13.1 Å². The molecule has 11 heavy (non-hydrogen) atoms. The maximum atomic E-state index is 5.30. The molecule has 2 rings (SSSR count). The van der Waals surface area contributed by atoms with Crippen LogP contribution in [-0.4, -0.2) is 24.9 Å². The first-order valence-corrected chi connectivity index (χ1v) is 4.29. The van der Waals surface area contributed by atoms with E-state index in [9.17, 15) is 0 Å². The standard InChI is InChI=1S/C8H14N2O/c1-6-7-5-9-4-2-3-8(7)11-10-6/h7-9H,2-5H2,1H3. The first-order chi connectivity index (χ1) is 5.38. The number of rotatable bonds is 0. The summed E-state index contributed by atoms with van der Waals surface area (Å²) in [5.74, 6) is 0.539. The fourth-order valence-electron chi connectivity index (χ4n) is 1.78. The Kier molecular flexibility index (Phi) is 1.82. The van der Waals surface area contributed by atoms with Gasteiger partial charge in [0.25, 0.3) is 0 Å². The molecule has 62 valence electrons. The van der Waals surface area contributed by atoms with Gasteiger partial charge >= 0.3 is 0 Å². The van der Waals surface area contributed by atoms with Crippen molar-refractivity contribution in [3.8, 4) is 0 Å². The van der Waals surface area contributed by atoms with Gasteiger partial charge in [0.2, 0.25) is 0 Å². The monoisotopic (exact) mass is 154 g/mol. The van der Waals surface area contributed by atoms with Gasteiger partial charge in [-0.25, -0.2) is 0 Å². The van der Waals surface area contributed by atoms with E-state index >= 15 is 0 Å². The normalized spacial score (nSPS) is 37.0. The van der Waals surface area contributed by atoms with E-state index in [4.69, 9.17) is 4.84 Å². The van der Waals surface area contributed by atoms with Crippen molar-refractivity contribution in [2.45, 2.75) is 25.9 Å². The largest absolute Gasteiger partial charge is 0.392 e. The Morgan fingerprint density at radius 3 is 3.45 bits per heavy atom. The molecule has 3 heteroatoms. The van der Waals surface area contributed by atoms with E-state index < -0.39 is 0 Å². The van der Waals surface area contributed by atoms with E-state index in [0.29, 0.717) is 12.0 Å². The maximum Gasteiger partial charge on any atom is 0.136 e. The number of nitrogens with one attached hydrogen (secondary N) is 1. The molecule has 0 aromatic carbocycles. The summed E-state index contributed by atoms with van der Waals surface area (Å²) in [7, 11) is 0. The number of oxime groups is 1. The van der Waals surface area contributed by atoms with Gasteiger partial charge in [-0.2, -0.15) is 0 Å². The van der Waals surface area contributed by atoms with Crippen molar-refractivity contribution < 1.29 is 4.84 Å². The van der Waals surface area contributed by atoms with Crippen LogP contribution in [0.15, 0.2) is 5.16 Å². The molecule has 0 aromatic heterocycles. The van der Waals surface area contributed by atoms with E-state index in [0.717, 1.165) is 25.2 Å². The summed E-state index contributed by atoms with van der Waals surface area (Å²) in [4.78, 5) is 5.30. The average molecular weight is 154 g/mol. The Morgan fingerprint density at radius 1 is 1.64 bits per heavy atom. The van der Waals surface area contributed by atoms with Crippen molar-refractivity contribution in [2.24, 2.45) is 11.1 Å². The van der Waals surface area contributed by atoms with E-state index in [2.05, 4.69) is 17.4 Å². The molecule has 0 bridgehead atoms. The molecular formula is C8H14N2O. The van der Waals surface area contributed by atoms with Crippen LogP contribution in [0.4, 0.5) is 0 Å². The first-order valence-electron chi connectivity index (χ1n) is 4.29. The second kappa shape index (κ2) is 2.81. The minimum absolute atomic E-state index is 0.366. The van der Waals surface area contributed by atoms with E-state index in [1.165, 1.54) is 6.42 Å². The van der Waals surface area contributed by atoms with Gasteiger partial charge in [0.05, 0.1) is 11.6 Å². The summed E-state index contributed by atoms with van der Waals surface area (Å²) in [6.07, 6.45) is 2.73. The first kappa shape index (κ1) is 7.10. The summed E-state index contributed by atoms with van der Waals surface area (Å²) in [5.41, 5.74) is 1.16. The minimum Gasteiger partial charge on any atom is -0.392 e. The molecule has 0 amide bonds. The molecule has 0 spiro atoms. The third-order valence-electron chi connectivity index (χ3n) is 2.52. The van der Waals surface area contributed by atoms with Crippen LogP contribution in [0.25, 0.3) is 0 Å². The molecule has 3 nitrogen and oxygen atoms in total. The van der Waals surface area contributed by atoms with Gasteiger partial charge in [-0.05, 0) is 26.3 Å². The van der Waals surface area contributed by atoms with Gasteiger partial charge in [-0.15, -0.1) is 0 Å². The fourth-order valence-corrected chi connectivity index (χ4v) is 1.78. The zero-order valence-electron chi connectivity index (χ0n) is 6.84. The Hall–Kier alpha value is -0.570. The van der Waals surface area contributed by atoms with Crippen LogP contribution in [0, 0.1) is 5.92 Å². The molecule has 1 N–H and O–H groups in total. The minimum atomic E-state index is 0.366. The van der Waals surface area contributed by atoms with Gasteiger partial charge in [-0.1, -0.05) is 5.16 Å². The van der Waals surface area contributed by atoms with Gasteiger partial charge < -0.3 is 10.2 Å². The molecule has 2 aliphatic heterocycles. The van der Waals surface area contributed by atoms with Crippen molar-refractivity contribution in [3.05, 3.63) is 0 Å². The SMILES string of the molecule is CC1=NOC2CCCNCC12. The Morgan fingerprint density at radius 2 is 2.55 bits per heavy atom. The van der Waals surface area contributed by atoms with Gasteiger partial charge in [-0.3, -0.25) is 0 Å². The zero-order chi connectivity index (χ0) is 7.68. The second-order valence-corrected chi connectivity index (χ2v) is 3.33. The predicted molar refractivity (Wildman–Crippen MR) is 43.6 cm³/mol. The lowest BCUT2D eigenvalue weighted by Crippen LogP contribution is -2.29. The molecule has 2 heterocycles. The van der Waals surface area contributed by atoms with Crippen LogP contribution in [0.1, 0.15) is 19.8 Å². The van der Waals surface area contributed by atoms with Crippen LogP contribution in [0.2, 0.25) is 0 Å². The quantitative estimate of drug-likeness (QED) is 0.559. The number of hydrogen-bond donors (Lipinski definition) is 1. The third kappa shape index (κ3) is 1.25. The van der Waals surface area contributed by atoms with Crippen LogP contribution in [-0.2, 0) is 4.84 Å². The summed E-state index contributed by atoms with van der Waals surface area (Å²) in [6.45, 7) is 4.22. The maximum absolute atomic E-state index is 5.30. The topological polar surface area (TPSA) is 33.6 Å². The second-order valence-electron chi connectivity index (χ2n) is 3.33. The number of nitrogens with zero attached hydrogens (tertiary/aromatic N) is 1. The van der Waals surface area contributed by atoms with Gasteiger partial charge in [0.1, 0.15) is 6.10 Å². The zero-order valence-corrected chi connectivity index (χ0v) is 6.84. The van der Waals surface area contributed by atoms with Gasteiger partial charge in [0.15, 0.2) is 0 Å². The van der Waals surface area contributed by atoms with Crippen molar-refractivity contribution >= 4 is 5.71 Å². The highest BCUT2D eigenvalue weighted by molar-refractivity contribution is 5.85. The summed E-state index contributed by atoms with van der Waals surface area (Å²) >= 11 is 0. The van der Waals surface area contributed by atoms with Crippen molar-refractivity contribution in [1.29, 1.82) is 0 Å².